The highest BCUT2D eigenvalue weighted by Gasteiger charge is 2.10. The van der Waals surface area contributed by atoms with Crippen molar-refractivity contribution in [2.45, 2.75) is 17.7 Å². The van der Waals surface area contributed by atoms with E-state index in [9.17, 15) is 8.78 Å². The van der Waals surface area contributed by atoms with Gasteiger partial charge in [0, 0.05) is 16.2 Å². The molecule has 0 amide bonds. The first-order valence-electron chi connectivity index (χ1n) is 4.49. The largest absolute Gasteiger partial charge is 0.403 e. The number of rotatable bonds is 4. The molecule has 1 rings (SSSR count). The number of benzene rings is 1. The van der Waals surface area contributed by atoms with E-state index in [1.54, 1.807) is 6.26 Å². The Bertz CT molecular complexity index is 354. The van der Waals surface area contributed by atoms with Crippen molar-refractivity contribution in [2.75, 3.05) is 6.26 Å². The van der Waals surface area contributed by atoms with Gasteiger partial charge in [0.05, 0.1) is 0 Å². The SMILES string of the molecule is C=C(N)CCc1c(F)cc(SC)cc1F. The summed E-state index contributed by atoms with van der Waals surface area (Å²) >= 11 is 1.31. The highest BCUT2D eigenvalue weighted by Crippen LogP contribution is 2.23. The molecule has 0 aromatic heterocycles. The molecule has 0 aliphatic heterocycles. The van der Waals surface area contributed by atoms with Crippen LogP contribution in [0.3, 0.4) is 0 Å². The van der Waals surface area contributed by atoms with E-state index in [1.165, 1.54) is 23.9 Å². The van der Waals surface area contributed by atoms with Crippen molar-refractivity contribution < 1.29 is 8.78 Å². The van der Waals surface area contributed by atoms with E-state index < -0.39 is 11.6 Å². The zero-order valence-corrected chi connectivity index (χ0v) is 9.33. The molecular formula is C11H13F2NS. The predicted molar refractivity (Wildman–Crippen MR) is 59.8 cm³/mol. The zero-order valence-electron chi connectivity index (χ0n) is 8.52. The maximum atomic E-state index is 13.4. The summed E-state index contributed by atoms with van der Waals surface area (Å²) in [4.78, 5) is 0.584. The molecule has 0 fully saturated rings. The molecule has 0 saturated carbocycles. The van der Waals surface area contributed by atoms with Gasteiger partial charge in [0.15, 0.2) is 0 Å². The summed E-state index contributed by atoms with van der Waals surface area (Å²) in [5.74, 6) is -1.03. The normalized spacial score (nSPS) is 10.3. The molecular weight excluding hydrogens is 216 g/mol. The van der Waals surface area contributed by atoms with Crippen LogP contribution >= 0.6 is 11.8 Å². The van der Waals surface area contributed by atoms with E-state index in [4.69, 9.17) is 5.73 Å². The van der Waals surface area contributed by atoms with Crippen LogP contribution < -0.4 is 5.73 Å². The average Bonchev–Trinajstić information content (AvgIpc) is 2.15. The van der Waals surface area contributed by atoms with Gasteiger partial charge in [0.2, 0.25) is 0 Å². The lowest BCUT2D eigenvalue weighted by atomic mass is 10.1. The molecule has 1 aromatic carbocycles. The van der Waals surface area contributed by atoms with Crippen LogP contribution in [0.4, 0.5) is 8.78 Å². The maximum absolute atomic E-state index is 13.4. The Hall–Kier alpha value is -1.03. The first kappa shape index (κ1) is 12.0. The highest BCUT2D eigenvalue weighted by molar-refractivity contribution is 7.98. The number of halogens is 2. The summed E-state index contributed by atoms with van der Waals surface area (Å²) in [5.41, 5.74) is 5.87. The smallest absolute Gasteiger partial charge is 0.130 e. The summed E-state index contributed by atoms with van der Waals surface area (Å²) in [6.07, 6.45) is 2.42. The topological polar surface area (TPSA) is 26.0 Å². The number of allylic oxidation sites excluding steroid dienone is 1. The van der Waals surface area contributed by atoms with Gasteiger partial charge in [-0.25, -0.2) is 8.78 Å². The molecule has 82 valence electrons. The van der Waals surface area contributed by atoms with Crippen molar-refractivity contribution in [3.63, 3.8) is 0 Å². The quantitative estimate of drug-likeness (QED) is 0.803. The third-order valence-corrected chi connectivity index (χ3v) is 2.75. The third-order valence-electron chi connectivity index (χ3n) is 2.05. The second kappa shape index (κ2) is 5.16. The second-order valence-corrected chi connectivity index (χ2v) is 4.11. The second-order valence-electron chi connectivity index (χ2n) is 3.23. The molecule has 0 saturated heterocycles. The van der Waals surface area contributed by atoms with Crippen LogP contribution in [0.2, 0.25) is 0 Å². The molecule has 0 aliphatic rings. The lowest BCUT2D eigenvalue weighted by molar-refractivity contribution is 0.548. The fraction of sp³-hybridized carbons (Fsp3) is 0.273. The van der Waals surface area contributed by atoms with Gasteiger partial charge in [-0.1, -0.05) is 6.58 Å². The van der Waals surface area contributed by atoms with Crippen molar-refractivity contribution in [2.24, 2.45) is 5.73 Å². The zero-order chi connectivity index (χ0) is 11.4. The van der Waals surface area contributed by atoms with Crippen LogP contribution in [0.25, 0.3) is 0 Å². The Labute approximate surface area is 92.4 Å². The highest BCUT2D eigenvalue weighted by atomic mass is 32.2. The number of nitrogens with two attached hydrogens (primary N) is 1. The number of hydrogen-bond acceptors (Lipinski definition) is 2. The summed E-state index contributed by atoms with van der Waals surface area (Å²) in [6, 6.07) is 2.67. The summed E-state index contributed by atoms with van der Waals surface area (Å²) in [7, 11) is 0. The van der Waals surface area contributed by atoms with E-state index >= 15 is 0 Å². The van der Waals surface area contributed by atoms with E-state index in [-0.39, 0.29) is 12.0 Å². The minimum Gasteiger partial charge on any atom is -0.403 e. The molecule has 1 aromatic rings. The predicted octanol–water partition coefficient (Wildman–Crippen LogP) is 3.09. The van der Waals surface area contributed by atoms with Gasteiger partial charge >= 0.3 is 0 Å². The Morgan fingerprint density at radius 2 is 1.93 bits per heavy atom. The minimum absolute atomic E-state index is 0.0828. The van der Waals surface area contributed by atoms with E-state index in [0.29, 0.717) is 17.0 Å². The molecule has 2 N–H and O–H groups in total. The van der Waals surface area contributed by atoms with Gasteiger partial charge in [-0.2, -0.15) is 0 Å². The van der Waals surface area contributed by atoms with Crippen molar-refractivity contribution in [3.05, 3.63) is 41.6 Å². The average molecular weight is 229 g/mol. The van der Waals surface area contributed by atoms with E-state index in [1.807, 2.05) is 0 Å². The molecule has 0 aliphatic carbocycles. The van der Waals surface area contributed by atoms with Crippen molar-refractivity contribution in [1.29, 1.82) is 0 Å². The van der Waals surface area contributed by atoms with Crippen molar-refractivity contribution in [1.82, 2.24) is 0 Å². The van der Waals surface area contributed by atoms with E-state index in [0.717, 1.165) is 0 Å². The van der Waals surface area contributed by atoms with Gasteiger partial charge in [-0.05, 0) is 31.2 Å². The lowest BCUT2D eigenvalue weighted by Gasteiger charge is -2.06. The molecule has 0 bridgehead atoms. The lowest BCUT2D eigenvalue weighted by Crippen LogP contribution is -2.01. The van der Waals surface area contributed by atoms with Crippen LogP contribution in [-0.2, 0) is 6.42 Å². The van der Waals surface area contributed by atoms with Crippen LogP contribution in [0.15, 0.2) is 29.3 Å². The molecule has 4 heteroatoms. The Balaban J connectivity index is 2.92. The standard InChI is InChI=1S/C11H13F2NS/c1-7(14)3-4-9-10(12)5-8(15-2)6-11(9)13/h5-6H,1,3-4,14H2,2H3. The maximum Gasteiger partial charge on any atom is 0.130 e. The molecule has 15 heavy (non-hydrogen) atoms. The molecule has 1 nitrogen and oxygen atoms in total. The number of hydrogen-bond donors (Lipinski definition) is 1. The number of thioether (sulfide) groups is 1. The monoisotopic (exact) mass is 229 g/mol. The summed E-state index contributed by atoms with van der Waals surface area (Å²) in [5, 5.41) is 0. The van der Waals surface area contributed by atoms with Gasteiger partial charge in [0.1, 0.15) is 11.6 Å². The fourth-order valence-electron chi connectivity index (χ4n) is 1.22. The first-order chi connectivity index (χ1) is 7.04. The Morgan fingerprint density at radius 1 is 1.40 bits per heavy atom. The van der Waals surface area contributed by atoms with Gasteiger partial charge in [0.25, 0.3) is 0 Å². The summed E-state index contributed by atoms with van der Waals surface area (Å²) < 4.78 is 26.8. The van der Waals surface area contributed by atoms with Gasteiger partial charge in [-0.15, -0.1) is 11.8 Å². The van der Waals surface area contributed by atoms with Gasteiger partial charge < -0.3 is 5.73 Å². The van der Waals surface area contributed by atoms with Gasteiger partial charge in [-0.3, -0.25) is 0 Å². The van der Waals surface area contributed by atoms with Crippen molar-refractivity contribution >= 4 is 11.8 Å². The first-order valence-corrected chi connectivity index (χ1v) is 5.72. The van der Waals surface area contributed by atoms with Crippen LogP contribution in [0, 0.1) is 11.6 Å². The fourth-order valence-corrected chi connectivity index (χ4v) is 1.66. The summed E-state index contributed by atoms with van der Waals surface area (Å²) in [6.45, 7) is 3.49. The van der Waals surface area contributed by atoms with Crippen LogP contribution in [0.5, 0.6) is 0 Å². The molecule has 0 atom stereocenters. The van der Waals surface area contributed by atoms with Crippen molar-refractivity contribution in [3.8, 4) is 0 Å². The van der Waals surface area contributed by atoms with Crippen LogP contribution in [0.1, 0.15) is 12.0 Å². The third kappa shape index (κ3) is 3.23. The molecule has 0 unspecified atom stereocenters. The molecule has 0 heterocycles. The van der Waals surface area contributed by atoms with Crippen LogP contribution in [-0.4, -0.2) is 6.26 Å². The Kier molecular flexibility index (Phi) is 4.15. The molecule has 0 radical (unpaired) electrons. The Morgan fingerprint density at radius 3 is 2.33 bits per heavy atom. The van der Waals surface area contributed by atoms with E-state index in [2.05, 4.69) is 6.58 Å². The molecule has 0 spiro atoms. The minimum atomic E-state index is -0.513.